The Balaban J connectivity index is 1.43. The summed E-state index contributed by atoms with van der Waals surface area (Å²) in [4.78, 5) is 17.6. The molecule has 0 bridgehead atoms. The normalized spacial score (nSPS) is 37.5. The second kappa shape index (κ2) is 6.46. The highest BCUT2D eigenvalue weighted by atomic mass is 16.5. The summed E-state index contributed by atoms with van der Waals surface area (Å²) in [5.41, 5.74) is 0. The lowest BCUT2D eigenvalue weighted by Crippen LogP contribution is -2.49. The maximum absolute atomic E-state index is 12.9. The Labute approximate surface area is 132 Å². The van der Waals surface area contributed by atoms with Crippen LogP contribution in [0.15, 0.2) is 0 Å². The van der Waals surface area contributed by atoms with E-state index in [1.807, 2.05) is 4.90 Å². The Morgan fingerprint density at radius 3 is 2.50 bits per heavy atom. The molecule has 0 radical (unpaired) electrons. The van der Waals surface area contributed by atoms with Crippen LogP contribution >= 0.6 is 0 Å². The summed E-state index contributed by atoms with van der Waals surface area (Å²) in [6.07, 6.45) is 5.46. The quantitative estimate of drug-likeness (QED) is 0.763. The van der Waals surface area contributed by atoms with Gasteiger partial charge in [-0.2, -0.15) is 0 Å². The molecule has 0 aromatic rings. The van der Waals surface area contributed by atoms with E-state index in [1.165, 1.54) is 25.7 Å². The van der Waals surface area contributed by atoms with Gasteiger partial charge in [-0.15, -0.1) is 0 Å². The molecular formula is C17H28N2O3. The summed E-state index contributed by atoms with van der Waals surface area (Å²) < 4.78 is 11.2. The third-order valence-electron chi connectivity index (χ3n) is 6.15. The standard InChI is InChI=1S/C17H28N2O3/c20-17(18-5-7-21-8-6-18)16-12-22-11-13-9-19(10-15(13)16)14-3-1-2-4-14/h13-16H,1-12H2/t13-,15-,16+/m0/s1. The number of morpholine rings is 1. The van der Waals surface area contributed by atoms with Crippen molar-refractivity contribution in [3.8, 4) is 0 Å². The summed E-state index contributed by atoms with van der Waals surface area (Å²) in [6.45, 7) is 6.58. The number of carbonyl (C=O) groups excluding carboxylic acids is 1. The zero-order chi connectivity index (χ0) is 14.9. The van der Waals surface area contributed by atoms with Gasteiger partial charge in [0, 0.05) is 32.2 Å². The van der Waals surface area contributed by atoms with Crippen molar-refractivity contribution in [3.05, 3.63) is 0 Å². The van der Waals surface area contributed by atoms with Crippen molar-refractivity contribution in [2.45, 2.75) is 31.7 Å². The highest BCUT2D eigenvalue weighted by molar-refractivity contribution is 5.79. The van der Waals surface area contributed by atoms with Crippen LogP contribution in [0, 0.1) is 17.8 Å². The Bertz CT molecular complexity index is 405. The van der Waals surface area contributed by atoms with E-state index in [4.69, 9.17) is 9.47 Å². The number of likely N-dealkylation sites (tertiary alicyclic amines) is 1. The predicted octanol–water partition coefficient (Wildman–Crippen LogP) is 0.982. The molecule has 124 valence electrons. The number of amides is 1. The Kier molecular flexibility index (Phi) is 4.38. The van der Waals surface area contributed by atoms with Crippen LogP contribution in [0.4, 0.5) is 0 Å². The second-order valence-electron chi connectivity index (χ2n) is 7.40. The highest BCUT2D eigenvalue weighted by Crippen LogP contribution is 2.38. The molecule has 1 aliphatic carbocycles. The van der Waals surface area contributed by atoms with Crippen molar-refractivity contribution < 1.29 is 14.3 Å². The molecule has 0 spiro atoms. The smallest absolute Gasteiger partial charge is 0.228 e. The Morgan fingerprint density at radius 1 is 0.955 bits per heavy atom. The van der Waals surface area contributed by atoms with E-state index in [-0.39, 0.29) is 5.92 Å². The summed E-state index contributed by atoms with van der Waals surface area (Å²) in [5.74, 6) is 1.45. The summed E-state index contributed by atoms with van der Waals surface area (Å²) >= 11 is 0. The summed E-state index contributed by atoms with van der Waals surface area (Å²) in [6, 6.07) is 0.768. The van der Waals surface area contributed by atoms with Crippen LogP contribution in [-0.4, -0.2) is 74.4 Å². The number of nitrogens with zero attached hydrogens (tertiary/aromatic N) is 2. The first kappa shape index (κ1) is 14.9. The minimum absolute atomic E-state index is 0.0725. The number of carbonyl (C=O) groups is 1. The van der Waals surface area contributed by atoms with Gasteiger partial charge in [0.15, 0.2) is 0 Å². The molecule has 3 heterocycles. The molecule has 0 aromatic heterocycles. The van der Waals surface area contributed by atoms with Crippen LogP contribution in [0.25, 0.3) is 0 Å². The second-order valence-corrected chi connectivity index (χ2v) is 7.40. The lowest BCUT2D eigenvalue weighted by atomic mass is 9.82. The Morgan fingerprint density at radius 2 is 1.73 bits per heavy atom. The minimum atomic E-state index is 0.0725. The maximum atomic E-state index is 12.9. The van der Waals surface area contributed by atoms with Gasteiger partial charge in [0.2, 0.25) is 5.91 Å². The van der Waals surface area contributed by atoms with Crippen molar-refractivity contribution in [2.75, 3.05) is 52.6 Å². The van der Waals surface area contributed by atoms with E-state index in [9.17, 15) is 4.79 Å². The number of fused-ring (bicyclic) bond motifs is 1. The van der Waals surface area contributed by atoms with Crippen molar-refractivity contribution in [3.63, 3.8) is 0 Å². The first-order valence-corrected chi connectivity index (χ1v) is 9.01. The van der Waals surface area contributed by atoms with Gasteiger partial charge in [0.1, 0.15) is 0 Å². The fourth-order valence-corrected chi connectivity index (χ4v) is 4.87. The van der Waals surface area contributed by atoms with Gasteiger partial charge >= 0.3 is 0 Å². The van der Waals surface area contributed by atoms with E-state index < -0.39 is 0 Å². The van der Waals surface area contributed by atoms with E-state index in [1.54, 1.807) is 0 Å². The van der Waals surface area contributed by atoms with Crippen molar-refractivity contribution >= 4 is 5.91 Å². The molecule has 3 atom stereocenters. The zero-order valence-electron chi connectivity index (χ0n) is 13.4. The summed E-state index contributed by atoms with van der Waals surface area (Å²) in [5, 5.41) is 0. The van der Waals surface area contributed by atoms with Gasteiger partial charge in [-0.1, -0.05) is 12.8 Å². The number of hydrogen-bond acceptors (Lipinski definition) is 4. The SMILES string of the molecule is O=C([C@@H]1COC[C@@H]2CN(C3CCCC3)C[C@@H]21)N1CCOCC1. The van der Waals surface area contributed by atoms with E-state index in [0.717, 1.165) is 38.8 Å². The maximum Gasteiger partial charge on any atom is 0.228 e. The van der Waals surface area contributed by atoms with Crippen LogP contribution < -0.4 is 0 Å². The van der Waals surface area contributed by atoms with Gasteiger partial charge in [0.05, 0.1) is 32.3 Å². The van der Waals surface area contributed by atoms with Crippen LogP contribution in [0.1, 0.15) is 25.7 Å². The van der Waals surface area contributed by atoms with Crippen LogP contribution in [0.2, 0.25) is 0 Å². The molecule has 5 nitrogen and oxygen atoms in total. The molecule has 0 N–H and O–H groups in total. The molecule has 1 saturated carbocycles. The molecule has 4 fully saturated rings. The van der Waals surface area contributed by atoms with Crippen molar-refractivity contribution in [2.24, 2.45) is 17.8 Å². The molecule has 0 aromatic carbocycles. The topological polar surface area (TPSA) is 42.0 Å². The van der Waals surface area contributed by atoms with E-state index in [0.29, 0.717) is 37.6 Å². The average Bonchev–Trinajstić information content (AvgIpc) is 3.23. The highest BCUT2D eigenvalue weighted by Gasteiger charge is 2.46. The molecule has 5 heteroatoms. The third kappa shape index (κ3) is 2.79. The summed E-state index contributed by atoms with van der Waals surface area (Å²) in [7, 11) is 0. The monoisotopic (exact) mass is 308 g/mol. The van der Waals surface area contributed by atoms with Gasteiger partial charge in [-0.25, -0.2) is 0 Å². The van der Waals surface area contributed by atoms with Gasteiger partial charge in [-0.05, 0) is 24.7 Å². The average molecular weight is 308 g/mol. The van der Waals surface area contributed by atoms with Crippen LogP contribution in [0.5, 0.6) is 0 Å². The molecular weight excluding hydrogens is 280 g/mol. The molecule has 4 rings (SSSR count). The van der Waals surface area contributed by atoms with Crippen molar-refractivity contribution in [1.82, 2.24) is 9.80 Å². The Hall–Kier alpha value is -0.650. The van der Waals surface area contributed by atoms with E-state index in [2.05, 4.69) is 4.90 Å². The first-order chi connectivity index (χ1) is 10.8. The van der Waals surface area contributed by atoms with Crippen molar-refractivity contribution in [1.29, 1.82) is 0 Å². The number of rotatable bonds is 2. The first-order valence-electron chi connectivity index (χ1n) is 9.01. The third-order valence-corrected chi connectivity index (χ3v) is 6.15. The van der Waals surface area contributed by atoms with E-state index >= 15 is 0 Å². The van der Waals surface area contributed by atoms with Gasteiger partial charge in [0.25, 0.3) is 0 Å². The molecule has 4 aliphatic rings. The lowest BCUT2D eigenvalue weighted by Gasteiger charge is -2.37. The minimum Gasteiger partial charge on any atom is -0.380 e. The lowest BCUT2D eigenvalue weighted by molar-refractivity contribution is -0.148. The van der Waals surface area contributed by atoms with Crippen LogP contribution in [0.3, 0.4) is 0 Å². The fraction of sp³-hybridized carbons (Fsp3) is 0.941. The molecule has 3 saturated heterocycles. The molecule has 22 heavy (non-hydrogen) atoms. The largest absolute Gasteiger partial charge is 0.380 e. The zero-order valence-corrected chi connectivity index (χ0v) is 13.4. The molecule has 0 unspecified atom stereocenters. The fourth-order valence-electron chi connectivity index (χ4n) is 4.87. The number of ether oxygens (including phenoxy) is 2. The van der Waals surface area contributed by atoms with Gasteiger partial charge in [-0.3, -0.25) is 9.69 Å². The van der Waals surface area contributed by atoms with Gasteiger partial charge < -0.3 is 14.4 Å². The molecule has 3 aliphatic heterocycles. The number of hydrogen-bond donors (Lipinski definition) is 0. The van der Waals surface area contributed by atoms with Crippen LogP contribution in [-0.2, 0) is 14.3 Å². The predicted molar refractivity (Wildman–Crippen MR) is 82.5 cm³/mol. The molecule has 1 amide bonds.